The molecule has 0 saturated carbocycles. The Labute approximate surface area is 174 Å². The Morgan fingerprint density at radius 2 is 1.66 bits per heavy atom. The van der Waals surface area contributed by atoms with Crippen molar-refractivity contribution in [3.8, 4) is 11.5 Å². The molecule has 2 aromatic carbocycles. The molecule has 0 aliphatic carbocycles. The van der Waals surface area contributed by atoms with Crippen LogP contribution < -0.4 is 20.1 Å². The number of hydrogen-bond acceptors (Lipinski definition) is 4. The van der Waals surface area contributed by atoms with Gasteiger partial charge in [0.05, 0.1) is 7.11 Å². The van der Waals surface area contributed by atoms with E-state index in [1.807, 2.05) is 36.4 Å². The molecule has 0 fully saturated rings. The van der Waals surface area contributed by atoms with Gasteiger partial charge in [0.1, 0.15) is 18.1 Å². The van der Waals surface area contributed by atoms with E-state index in [2.05, 4.69) is 46.5 Å². The SMILES string of the molecule is CCN(CC)CCOc1ccc(CNC(=NC)NCc2ccccc2OC)cc1. The number of guanidine groups is 1. The normalized spacial score (nSPS) is 11.4. The Morgan fingerprint density at radius 3 is 2.31 bits per heavy atom. The van der Waals surface area contributed by atoms with Crippen LogP contribution in [0.25, 0.3) is 0 Å². The van der Waals surface area contributed by atoms with Gasteiger partial charge in [-0.1, -0.05) is 44.2 Å². The molecule has 0 aromatic heterocycles. The fourth-order valence-corrected chi connectivity index (χ4v) is 2.97. The Balaban J connectivity index is 1.77. The van der Waals surface area contributed by atoms with Crippen LogP contribution in [0.3, 0.4) is 0 Å². The van der Waals surface area contributed by atoms with Gasteiger partial charge in [-0.3, -0.25) is 4.99 Å². The summed E-state index contributed by atoms with van der Waals surface area (Å²) in [6.45, 7) is 9.43. The van der Waals surface area contributed by atoms with Crippen LogP contribution in [0.15, 0.2) is 53.5 Å². The van der Waals surface area contributed by atoms with Gasteiger partial charge in [-0.05, 0) is 36.9 Å². The molecule has 29 heavy (non-hydrogen) atoms. The Bertz CT molecular complexity index is 743. The van der Waals surface area contributed by atoms with E-state index in [1.54, 1.807) is 14.2 Å². The number of likely N-dealkylation sites (N-methyl/N-ethyl adjacent to an activating group) is 1. The summed E-state index contributed by atoms with van der Waals surface area (Å²) in [5.41, 5.74) is 2.26. The van der Waals surface area contributed by atoms with Gasteiger partial charge in [0.15, 0.2) is 5.96 Å². The molecule has 6 nitrogen and oxygen atoms in total. The zero-order valence-electron chi connectivity index (χ0n) is 18.1. The van der Waals surface area contributed by atoms with Crippen molar-refractivity contribution in [1.82, 2.24) is 15.5 Å². The Hall–Kier alpha value is -2.73. The molecule has 2 rings (SSSR count). The molecule has 0 radical (unpaired) electrons. The first-order chi connectivity index (χ1) is 14.2. The van der Waals surface area contributed by atoms with Crippen molar-refractivity contribution in [1.29, 1.82) is 0 Å². The number of methoxy groups -OCH3 is 1. The van der Waals surface area contributed by atoms with Crippen LogP contribution in [0.1, 0.15) is 25.0 Å². The van der Waals surface area contributed by atoms with Crippen LogP contribution in [0.2, 0.25) is 0 Å². The summed E-state index contributed by atoms with van der Waals surface area (Å²) in [6, 6.07) is 16.2. The molecule has 158 valence electrons. The molecule has 0 aliphatic rings. The van der Waals surface area contributed by atoms with E-state index in [-0.39, 0.29) is 0 Å². The third kappa shape index (κ3) is 7.66. The predicted molar refractivity (Wildman–Crippen MR) is 120 cm³/mol. The number of benzene rings is 2. The molecule has 6 heteroatoms. The third-order valence-corrected chi connectivity index (χ3v) is 4.82. The lowest BCUT2D eigenvalue weighted by molar-refractivity contribution is 0.223. The van der Waals surface area contributed by atoms with Gasteiger partial charge >= 0.3 is 0 Å². The smallest absolute Gasteiger partial charge is 0.191 e. The molecule has 0 bridgehead atoms. The number of rotatable bonds is 11. The second-order valence-corrected chi connectivity index (χ2v) is 6.61. The quantitative estimate of drug-likeness (QED) is 0.449. The summed E-state index contributed by atoms with van der Waals surface area (Å²) in [6.07, 6.45) is 0. The van der Waals surface area contributed by atoms with Crippen LogP contribution in [0.5, 0.6) is 11.5 Å². The number of nitrogens with one attached hydrogen (secondary N) is 2. The molecule has 0 heterocycles. The van der Waals surface area contributed by atoms with E-state index in [9.17, 15) is 0 Å². The van der Waals surface area contributed by atoms with Gasteiger partial charge in [-0.15, -0.1) is 0 Å². The van der Waals surface area contributed by atoms with E-state index in [0.29, 0.717) is 19.7 Å². The zero-order valence-corrected chi connectivity index (χ0v) is 18.1. The topological polar surface area (TPSA) is 58.1 Å². The first-order valence-corrected chi connectivity index (χ1v) is 10.2. The number of ether oxygens (including phenoxy) is 2. The minimum absolute atomic E-state index is 0.642. The molecule has 0 unspecified atom stereocenters. The van der Waals surface area contributed by atoms with Crippen molar-refractivity contribution < 1.29 is 9.47 Å². The van der Waals surface area contributed by atoms with Crippen molar-refractivity contribution in [2.75, 3.05) is 40.4 Å². The second kappa shape index (κ2) is 12.7. The van der Waals surface area contributed by atoms with Crippen LogP contribution in [-0.2, 0) is 13.1 Å². The predicted octanol–water partition coefficient (Wildman–Crippen LogP) is 3.28. The molecule has 0 amide bonds. The average molecular weight is 399 g/mol. The fourth-order valence-electron chi connectivity index (χ4n) is 2.97. The first-order valence-electron chi connectivity index (χ1n) is 10.2. The van der Waals surface area contributed by atoms with Gasteiger partial charge in [-0.2, -0.15) is 0 Å². The average Bonchev–Trinajstić information content (AvgIpc) is 2.78. The Kier molecular flexibility index (Phi) is 9.86. The largest absolute Gasteiger partial charge is 0.496 e. The third-order valence-electron chi connectivity index (χ3n) is 4.82. The van der Waals surface area contributed by atoms with E-state index in [1.165, 1.54) is 5.56 Å². The van der Waals surface area contributed by atoms with Crippen LogP contribution >= 0.6 is 0 Å². The minimum atomic E-state index is 0.642. The summed E-state index contributed by atoms with van der Waals surface area (Å²) in [5.74, 6) is 2.52. The van der Waals surface area contributed by atoms with Crippen molar-refractivity contribution in [2.45, 2.75) is 26.9 Å². The Morgan fingerprint density at radius 1 is 0.966 bits per heavy atom. The summed E-state index contributed by atoms with van der Waals surface area (Å²) >= 11 is 0. The molecular formula is C23H34N4O2. The molecule has 0 saturated heterocycles. The van der Waals surface area contributed by atoms with Crippen LogP contribution in [-0.4, -0.2) is 51.3 Å². The van der Waals surface area contributed by atoms with E-state index in [4.69, 9.17) is 9.47 Å². The monoisotopic (exact) mass is 398 g/mol. The van der Waals surface area contributed by atoms with Crippen LogP contribution in [0.4, 0.5) is 0 Å². The summed E-state index contributed by atoms with van der Waals surface area (Å²) < 4.78 is 11.2. The number of para-hydroxylation sites is 1. The molecule has 2 aromatic rings. The summed E-state index contributed by atoms with van der Waals surface area (Å²) in [4.78, 5) is 6.64. The lowest BCUT2D eigenvalue weighted by atomic mass is 10.2. The molecule has 0 aliphatic heterocycles. The number of nitrogens with zero attached hydrogens (tertiary/aromatic N) is 2. The van der Waals surface area contributed by atoms with Crippen LogP contribution in [0, 0.1) is 0 Å². The first kappa shape index (κ1) is 22.6. The molecule has 0 spiro atoms. The number of hydrogen-bond donors (Lipinski definition) is 2. The summed E-state index contributed by atoms with van der Waals surface area (Å²) in [7, 11) is 3.45. The van der Waals surface area contributed by atoms with Crippen molar-refractivity contribution in [3.05, 3.63) is 59.7 Å². The lowest BCUT2D eigenvalue weighted by Gasteiger charge is -2.18. The highest BCUT2D eigenvalue weighted by molar-refractivity contribution is 5.79. The zero-order chi connectivity index (χ0) is 20.9. The highest BCUT2D eigenvalue weighted by Gasteiger charge is 2.04. The maximum absolute atomic E-state index is 5.84. The molecular weight excluding hydrogens is 364 g/mol. The van der Waals surface area contributed by atoms with E-state index in [0.717, 1.165) is 42.7 Å². The lowest BCUT2D eigenvalue weighted by Crippen LogP contribution is -2.36. The van der Waals surface area contributed by atoms with Crippen molar-refractivity contribution in [2.24, 2.45) is 4.99 Å². The van der Waals surface area contributed by atoms with Gasteiger partial charge in [0, 0.05) is 32.2 Å². The van der Waals surface area contributed by atoms with E-state index < -0.39 is 0 Å². The fraction of sp³-hybridized carbons (Fsp3) is 0.435. The highest BCUT2D eigenvalue weighted by atomic mass is 16.5. The molecule has 2 N–H and O–H groups in total. The van der Waals surface area contributed by atoms with Crippen molar-refractivity contribution >= 4 is 5.96 Å². The second-order valence-electron chi connectivity index (χ2n) is 6.61. The highest BCUT2D eigenvalue weighted by Crippen LogP contribution is 2.16. The van der Waals surface area contributed by atoms with Gasteiger partial charge in [0.2, 0.25) is 0 Å². The minimum Gasteiger partial charge on any atom is -0.496 e. The van der Waals surface area contributed by atoms with Crippen molar-refractivity contribution in [3.63, 3.8) is 0 Å². The van der Waals surface area contributed by atoms with Gasteiger partial charge in [0.25, 0.3) is 0 Å². The van der Waals surface area contributed by atoms with E-state index >= 15 is 0 Å². The summed E-state index contributed by atoms with van der Waals surface area (Å²) in [5, 5.41) is 6.66. The molecule has 0 atom stereocenters. The number of aliphatic imine (C=N–C) groups is 1. The standard InChI is InChI=1S/C23H34N4O2/c1-5-27(6-2)15-16-29-21-13-11-19(12-14-21)17-25-23(24-3)26-18-20-9-7-8-10-22(20)28-4/h7-14H,5-6,15-18H2,1-4H3,(H2,24,25,26). The van der Waals surface area contributed by atoms with Gasteiger partial charge in [-0.25, -0.2) is 0 Å². The van der Waals surface area contributed by atoms with Gasteiger partial charge < -0.3 is 25.0 Å². The maximum atomic E-state index is 5.84. The maximum Gasteiger partial charge on any atom is 0.191 e.